The lowest BCUT2D eigenvalue weighted by Crippen LogP contribution is -2.32. The summed E-state index contributed by atoms with van der Waals surface area (Å²) in [6.45, 7) is 5.08. The number of anilines is 1. The Balaban J connectivity index is 1.23. The van der Waals surface area contributed by atoms with Crippen LogP contribution in [0.1, 0.15) is 113 Å². The highest BCUT2D eigenvalue weighted by molar-refractivity contribution is 7.87. The molecule has 1 unspecified atom stereocenters. The zero-order valence-electron chi connectivity index (χ0n) is 56.2. The van der Waals surface area contributed by atoms with Crippen molar-refractivity contribution >= 4 is 140 Å². The van der Waals surface area contributed by atoms with Crippen molar-refractivity contribution in [1.82, 2.24) is 31.2 Å². The van der Waals surface area contributed by atoms with Crippen molar-refractivity contribution in [3.63, 3.8) is 0 Å². The summed E-state index contributed by atoms with van der Waals surface area (Å²) in [5.74, 6) is -8.90. The maximum absolute atomic E-state index is 13.6. The molecule has 2 aliphatic heterocycles. The van der Waals surface area contributed by atoms with Crippen molar-refractivity contribution in [1.29, 1.82) is 0 Å². The van der Waals surface area contributed by atoms with Gasteiger partial charge in [0.15, 0.2) is 16.8 Å². The van der Waals surface area contributed by atoms with Gasteiger partial charge in [0, 0.05) is 90.8 Å². The largest absolute Gasteiger partial charge is 0.481 e. The van der Waals surface area contributed by atoms with E-state index in [1.165, 1.54) is 48.5 Å². The Morgan fingerprint density at radius 3 is 1.37 bits per heavy atom. The minimum absolute atomic E-state index is 0.00637. The summed E-state index contributed by atoms with van der Waals surface area (Å²) < 4.78 is 229. The predicted octanol–water partition coefficient (Wildman–Crippen LogP) is 4.51. The van der Waals surface area contributed by atoms with Gasteiger partial charge < -0.3 is 35.8 Å². The average Bonchev–Trinajstić information content (AvgIpc) is 1.58. The maximum Gasteiger partial charge on any atom is 0.303 e. The van der Waals surface area contributed by atoms with Crippen LogP contribution in [-0.2, 0) is 87.4 Å². The SMILES string of the molecule is CC1(C)C(/C=C/C=C/C=C2/N(CCCCCC(=O)O)c3cc(S(=O)(=O)O)c4cc(-c5cc(C(=O)NCCS(=O)O)nc(C(=O)NCCS(=O)(=O)O)c5)ccc4c3C2(C)C)=[N+](CCCS(=O)(=O)O)c2cc(S(=O)(=O)O)c3cc(-c4cc(C(=O)NCCS(=O)(=O)O)nc(C(=O)NCCS(=O)(=O)O)c4)ccc3c21. The molecule has 0 saturated carbocycles. The Hall–Kier alpha value is -8.69. The van der Waals surface area contributed by atoms with Crippen LogP contribution in [0, 0.1) is 0 Å². The number of fused-ring (bicyclic) bond motifs is 6. The number of hydrogen-bond donors (Lipinski definition) is 12. The third kappa shape index (κ3) is 20.9. The number of nitrogens with one attached hydrogen (secondary N) is 4. The van der Waals surface area contributed by atoms with Crippen LogP contribution >= 0.6 is 0 Å². The van der Waals surface area contributed by atoms with Crippen LogP contribution in [0.3, 0.4) is 0 Å². The summed E-state index contributed by atoms with van der Waals surface area (Å²) in [5.41, 5.74) is -1.32. The molecular formula is C64H73N8O26S7+. The summed E-state index contributed by atoms with van der Waals surface area (Å²) in [6.07, 6.45) is 8.93. The minimum Gasteiger partial charge on any atom is -0.481 e. The number of pyridine rings is 2. The van der Waals surface area contributed by atoms with Gasteiger partial charge in [-0.2, -0.15) is 55.1 Å². The Bertz CT molecular complexity index is 5380. The Morgan fingerprint density at radius 1 is 0.505 bits per heavy atom. The monoisotopic (exact) mass is 1590 g/mol. The number of amides is 4. The molecule has 0 bridgehead atoms. The van der Waals surface area contributed by atoms with Crippen LogP contribution in [0.5, 0.6) is 0 Å². The van der Waals surface area contributed by atoms with E-state index in [4.69, 9.17) is 0 Å². The van der Waals surface area contributed by atoms with E-state index in [0.29, 0.717) is 46.5 Å². The molecule has 566 valence electrons. The van der Waals surface area contributed by atoms with Gasteiger partial charge in [-0.3, -0.25) is 51.3 Å². The molecule has 8 rings (SSSR count). The summed E-state index contributed by atoms with van der Waals surface area (Å²) in [7, 11) is -28.6. The first kappa shape index (κ1) is 82.0. The first-order chi connectivity index (χ1) is 48.6. The molecule has 4 amide bonds. The van der Waals surface area contributed by atoms with E-state index in [1.807, 2.05) is 18.7 Å². The van der Waals surface area contributed by atoms with E-state index >= 15 is 0 Å². The van der Waals surface area contributed by atoms with Gasteiger partial charge in [-0.25, -0.2) is 14.2 Å². The first-order valence-corrected chi connectivity index (χ1v) is 42.2. The number of rotatable bonds is 33. The molecule has 12 N–H and O–H groups in total. The highest BCUT2D eigenvalue weighted by Gasteiger charge is 2.47. The van der Waals surface area contributed by atoms with Gasteiger partial charge in [0.25, 0.3) is 84.3 Å². The normalized spacial score (nSPS) is 15.4. The zero-order valence-corrected chi connectivity index (χ0v) is 61.9. The number of carbonyl (C=O) groups excluding carboxylic acids is 4. The Kier molecular flexibility index (Phi) is 25.1. The van der Waals surface area contributed by atoms with E-state index in [-0.39, 0.29) is 88.7 Å². The predicted molar refractivity (Wildman–Crippen MR) is 385 cm³/mol. The zero-order chi connectivity index (χ0) is 77.7. The molecule has 2 aliphatic rings. The van der Waals surface area contributed by atoms with Gasteiger partial charge in [0.2, 0.25) is 5.69 Å². The molecule has 4 aromatic carbocycles. The second-order valence-electron chi connectivity index (χ2n) is 25.2. The van der Waals surface area contributed by atoms with E-state index in [0.717, 1.165) is 18.2 Å². The molecular weight excluding hydrogens is 1520 g/mol. The number of nitrogens with zero attached hydrogens (tertiary/aromatic N) is 4. The standard InChI is InChI=1S/C64H72N8O26S7/c1-63(2)54(71(23-10-6-9-14-56(73)74)50-36-52(104(93,94)95)44-30-38(15-17-42(44)57(50)63)40-32-46(59(75)65-19-25-99(79)80)69-47(33-40)60(76)66-20-27-101(84,85)86)12-7-5-8-13-55-64(3,4)58-43-18-16-39(31-45(43)53(105(96,97)98)37-51(58)72(55)24-11-26-100(81,82)83)41-34-48(61(77)67-21-28-102(87,88)89)70-49(35-41)62(78)68-22-29-103(90,91)92/h5,7-8,12-13,15-18,30-37H,6,9-11,14,19-29H2,1-4H3,(H11-,65,66,67,68,73,74,75,76,77,78,79,80,81,82,83,84,85,86,87,88,89,90,91,92,93,94,95,96,97,98)/p+1. The molecule has 2 aromatic heterocycles. The van der Waals surface area contributed by atoms with Crippen molar-refractivity contribution < 1.29 is 120 Å². The lowest BCUT2D eigenvalue weighted by molar-refractivity contribution is -0.437. The van der Waals surface area contributed by atoms with Crippen LogP contribution in [0.15, 0.2) is 119 Å². The second kappa shape index (κ2) is 32.2. The van der Waals surface area contributed by atoms with Gasteiger partial charge in [-0.05, 0) is 114 Å². The molecule has 0 saturated heterocycles. The quantitative estimate of drug-likeness (QED) is 0.00886. The lowest BCUT2D eigenvalue weighted by atomic mass is 9.78. The second-order valence-corrected chi connectivity index (χ2v) is 35.4. The summed E-state index contributed by atoms with van der Waals surface area (Å²) in [6, 6.07) is 15.9. The molecule has 0 fully saturated rings. The highest BCUT2D eigenvalue weighted by atomic mass is 32.2. The van der Waals surface area contributed by atoms with Gasteiger partial charge >= 0.3 is 5.97 Å². The van der Waals surface area contributed by atoms with Crippen molar-refractivity contribution in [2.24, 2.45) is 0 Å². The van der Waals surface area contributed by atoms with Crippen LogP contribution < -0.4 is 26.2 Å². The van der Waals surface area contributed by atoms with Crippen LogP contribution in [0.4, 0.5) is 11.4 Å². The maximum atomic E-state index is 13.6. The number of aliphatic carboxylic acids is 1. The van der Waals surface area contributed by atoms with Crippen molar-refractivity contribution in [2.45, 2.75) is 80.4 Å². The fourth-order valence-electron chi connectivity index (χ4n) is 12.4. The molecule has 1 atom stereocenters. The Morgan fingerprint density at radius 2 is 0.943 bits per heavy atom. The molecule has 4 heterocycles. The van der Waals surface area contributed by atoms with Gasteiger partial charge in [-0.15, -0.1) is 0 Å². The van der Waals surface area contributed by atoms with Crippen molar-refractivity contribution in [3.05, 3.63) is 143 Å². The van der Waals surface area contributed by atoms with E-state index in [9.17, 15) is 116 Å². The number of hydrogen-bond acceptors (Lipinski definition) is 21. The number of benzene rings is 4. The van der Waals surface area contributed by atoms with E-state index < -0.39 is 187 Å². The average molecular weight is 1590 g/mol. The molecule has 34 nitrogen and oxygen atoms in total. The smallest absolute Gasteiger partial charge is 0.303 e. The van der Waals surface area contributed by atoms with Gasteiger partial charge in [0.1, 0.15) is 39.1 Å². The van der Waals surface area contributed by atoms with Gasteiger partial charge in [-0.1, -0.05) is 62.8 Å². The van der Waals surface area contributed by atoms with Crippen LogP contribution in [0.2, 0.25) is 0 Å². The molecule has 105 heavy (non-hydrogen) atoms. The van der Waals surface area contributed by atoms with Crippen LogP contribution in [0.25, 0.3) is 43.8 Å². The molecule has 0 radical (unpaired) electrons. The molecule has 6 aromatic rings. The van der Waals surface area contributed by atoms with E-state index in [2.05, 4.69) is 31.2 Å². The van der Waals surface area contributed by atoms with Gasteiger partial charge in [0.05, 0.1) is 34.2 Å². The number of aromatic nitrogens is 2. The number of carboxylic acids is 1. The van der Waals surface area contributed by atoms with E-state index in [1.54, 1.807) is 54.9 Å². The third-order valence-corrected chi connectivity index (χ3v) is 22.2. The highest BCUT2D eigenvalue weighted by Crippen LogP contribution is 2.53. The molecule has 41 heteroatoms. The summed E-state index contributed by atoms with van der Waals surface area (Å²) >= 11 is -2.31. The summed E-state index contributed by atoms with van der Waals surface area (Å²) in [4.78, 5) is 73.9. The minimum atomic E-state index is -5.21. The molecule has 0 spiro atoms. The lowest BCUT2D eigenvalue weighted by Gasteiger charge is -2.27. The topological polar surface area (TPSA) is 549 Å². The number of carbonyl (C=O) groups is 5. The Labute approximate surface area is 606 Å². The molecule has 0 aliphatic carbocycles. The van der Waals surface area contributed by atoms with Crippen molar-refractivity contribution in [3.8, 4) is 22.3 Å². The number of allylic oxidation sites excluding steroid dienone is 6. The number of unbranched alkanes of at least 4 members (excludes halogenated alkanes) is 2. The third-order valence-electron chi connectivity index (χ3n) is 16.9. The fraction of sp³-hybridized carbons (Fsp3) is 0.344. The van der Waals surface area contributed by atoms with Crippen molar-refractivity contribution in [2.75, 3.05) is 72.9 Å². The van der Waals surface area contributed by atoms with Crippen LogP contribution in [-0.4, -0.2) is 210 Å². The first-order valence-electron chi connectivity index (χ1n) is 31.6. The summed E-state index contributed by atoms with van der Waals surface area (Å²) in [5, 5.41) is 18.9. The number of carboxylic acid groups (broad SMARTS) is 1. The fourth-order valence-corrected chi connectivity index (χ4v) is 15.7.